The zero-order valence-electron chi connectivity index (χ0n) is 11.7. The molecule has 0 aromatic heterocycles. The van der Waals surface area contributed by atoms with Gasteiger partial charge in [-0.15, -0.1) is 0 Å². The van der Waals surface area contributed by atoms with Crippen molar-refractivity contribution in [3.63, 3.8) is 0 Å². The number of hydrogen-bond donors (Lipinski definition) is 1. The number of amides is 1. The molecule has 1 saturated heterocycles. The maximum absolute atomic E-state index is 12.1. The van der Waals surface area contributed by atoms with Gasteiger partial charge in [-0.2, -0.15) is 0 Å². The number of rotatable bonds is 4. The molecule has 0 saturated carbocycles. The van der Waals surface area contributed by atoms with Gasteiger partial charge in [-0.25, -0.2) is 4.79 Å². The van der Waals surface area contributed by atoms with Crippen molar-refractivity contribution in [3.8, 4) is 5.75 Å². The Hall–Kier alpha value is -2.34. The number of aliphatic carboxylic acids is 1. The molecular weight excluding hydrogens is 274 g/mol. The summed E-state index contributed by atoms with van der Waals surface area (Å²) in [6, 6.07) is 7.33. The number of carboxylic acids is 1. The molecule has 6 heteroatoms. The van der Waals surface area contributed by atoms with Gasteiger partial charge >= 0.3 is 5.97 Å². The van der Waals surface area contributed by atoms with Crippen LogP contribution in [0.2, 0.25) is 0 Å². The highest BCUT2D eigenvalue weighted by Gasteiger charge is 2.27. The fraction of sp³-hybridized carbons (Fsp3) is 0.333. The predicted octanol–water partition coefficient (Wildman–Crippen LogP) is 1.02. The molecule has 0 aliphatic carbocycles. The number of carbonyl (C=O) groups is 2. The van der Waals surface area contributed by atoms with Crippen LogP contribution in [0.1, 0.15) is 5.56 Å². The van der Waals surface area contributed by atoms with E-state index in [1.165, 1.54) is 11.0 Å². The maximum atomic E-state index is 12.1. The third-order valence-corrected chi connectivity index (χ3v) is 3.20. The van der Waals surface area contributed by atoms with E-state index in [-0.39, 0.29) is 19.1 Å². The van der Waals surface area contributed by atoms with Crippen molar-refractivity contribution in [2.24, 2.45) is 0 Å². The van der Waals surface area contributed by atoms with Crippen molar-refractivity contribution >= 4 is 18.0 Å². The molecule has 112 valence electrons. The van der Waals surface area contributed by atoms with Gasteiger partial charge in [0.25, 0.3) is 0 Å². The fourth-order valence-corrected chi connectivity index (χ4v) is 2.07. The highest BCUT2D eigenvalue weighted by molar-refractivity contribution is 5.92. The summed E-state index contributed by atoms with van der Waals surface area (Å²) in [4.78, 5) is 24.4. The van der Waals surface area contributed by atoms with Crippen LogP contribution in [0.5, 0.6) is 5.75 Å². The number of para-hydroxylation sites is 1. The summed E-state index contributed by atoms with van der Waals surface area (Å²) in [5.74, 6) is -0.622. The molecule has 1 aromatic rings. The zero-order valence-corrected chi connectivity index (χ0v) is 11.7. The van der Waals surface area contributed by atoms with Crippen LogP contribution in [0.25, 0.3) is 6.08 Å². The summed E-state index contributed by atoms with van der Waals surface area (Å²) in [7, 11) is 1.56. The molecule has 0 spiro atoms. The van der Waals surface area contributed by atoms with Gasteiger partial charge in [0.05, 0.1) is 20.3 Å². The lowest BCUT2D eigenvalue weighted by Gasteiger charge is -2.30. The van der Waals surface area contributed by atoms with Gasteiger partial charge in [-0.3, -0.25) is 4.79 Å². The van der Waals surface area contributed by atoms with E-state index in [2.05, 4.69) is 0 Å². The van der Waals surface area contributed by atoms with Crippen LogP contribution < -0.4 is 4.74 Å². The van der Waals surface area contributed by atoms with E-state index in [0.717, 1.165) is 5.56 Å². The molecule has 1 aromatic carbocycles. The van der Waals surface area contributed by atoms with Gasteiger partial charge in [0.2, 0.25) is 5.91 Å². The lowest BCUT2D eigenvalue weighted by atomic mass is 10.2. The molecule has 1 atom stereocenters. The number of carbonyl (C=O) groups excluding carboxylic acids is 1. The minimum atomic E-state index is -1.05. The van der Waals surface area contributed by atoms with Crippen LogP contribution >= 0.6 is 0 Å². The quantitative estimate of drug-likeness (QED) is 0.838. The van der Waals surface area contributed by atoms with Crippen LogP contribution in [-0.4, -0.2) is 54.8 Å². The lowest BCUT2D eigenvalue weighted by Crippen LogP contribution is -2.48. The van der Waals surface area contributed by atoms with Crippen molar-refractivity contribution < 1.29 is 24.2 Å². The van der Waals surface area contributed by atoms with E-state index in [4.69, 9.17) is 14.6 Å². The summed E-state index contributed by atoms with van der Waals surface area (Å²) in [6.07, 6.45) is 2.12. The number of carboxylic acid groups (broad SMARTS) is 1. The molecule has 1 amide bonds. The molecule has 21 heavy (non-hydrogen) atoms. The largest absolute Gasteiger partial charge is 0.496 e. The van der Waals surface area contributed by atoms with E-state index < -0.39 is 12.1 Å². The SMILES string of the molecule is COc1ccccc1/C=C/C(=O)N1CCOC(C(=O)O)C1. The highest BCUT2D eigenvalue weighted by Crippen LogP contribution is 2.18. The molecule has 0 bridgehead atoms. The van der Waals surface area contributed by atoms with E-state index in [1.807, 2.05) is 18.2 Å². The van der Waals surface area contributed by atoms with Gasteiger partial charge in [0.15, 0.2) is 6.10 Å². The van der Waals surface area contributed by atoms with Gasteiger partial charge in [-0.1, -0.05) is 18.2 Å². The number of hydrogen-bond acceptors (Lipinski definition) is 4. The molecule has 1 aliphatic rings. The van der Waals surface area contributed by atoms with E-state index in [9.17, 15) is 9.59 Å². The molecule has 1 unspecified atom stereocenters. The van der Waals surface area contributed by atoms with Crippen LogP contribution in [0.15, 0.2) is 30.3 Å². The van der Waals surface area contributed by atoms with Crippen LogP contribution in [-0.2, 0) is 14.3 Å². The standard InChI is InChI=1S/C15H17NO5/c1-20-12-5-3-2-4-11(12)6-7-14(17)16-8-9-21-13(10-16)15(18)19/h2-7,13H,8-10H2,1H3,(H,18,19)/b7-6+. The summed E-state index contributed by atoms with van der Waals surface area (Å²) < 4.78 is 10.3. The van der Waals surface area contributed by atoms with Crippen LogP contribution in [0.3, 0.4) is 0 Å². The molecular formula is C15H17NO5. The Balaban J connectivity index is 2.03. The Morgan fingerprint density at radius 1 is 1.43 bits per heavy atom. The molecule has 1 fully saturated rings. The van der Waals surface area contributed by atoms with Crippen molar-refractivity contribution in [1.29, 1.82) is 0 Å². The second kappa shape index (κ2) is 6.90. The van der Waals surface area contributed by atoms with Crippen molar-refractivity contribution in [2.45, 2.75) is 6.10 Å². The van der Waals surface area contributed by atoms with Crippen LogP contribution in [0.4, 0.5) is 0 Å². The Morgan fingerprint density at radius 2 is 2.19 bits per heavy atom. The minimum Gasteiger partial charge on any atom is -0.496 e. The van der Waals surface area contributed by atoms with E-state index in [0.29, 0.717) is 12.3 Å². The third kappa shape index (κ3) is 3.82. The average Bonchev–Trinajstić information content (AvgIpc) is 2.52. The predicted molar refractivity (Wildman–Crippen MR) is 76.0 cm³/mol. The first-order valence-corrected chi connectivity index (χ1v) is 6.56. The van der Waals surface area contributed by atoms with Gasteiger partial charge < -0.3 is 19.5 Å². The highest BCUT2D eigenvalue weighted by atomic mass is 16.5. The lowest BCUT2D eigenvalue weighted by molar-refractivity contribution is -0.158. The molecule has 1 heterocycles. The molecule has 1 N–H and O–H groups in total. The van der Waals surface area contributed by atoms with E-state index in [1.54, 1.807) is 19.3 Å². The second-order valence-electron chi connectivity index (χ2n) is 4.56. The normalized spacial score (nSPS) is 18.7. The summed E-state index contributed by atoms with van der Waals surface area (Å²) in [6.45, 7) is 0.675. The average molecular weight is 291 g/mol. The zero-order chi connectivity index (χ0) is 15.2. The monoisotopic (exact) mass is 291 g/mol. The first kappa shape index (κ1) is 15.1. The van der Waals surface area contributed by atoms with Crippen molar-refractivity contribution in [3.05, 3.63) is 35.9 Å². The summed E-state index contributed by atoms with van der Waals surface area (Å²) in [5.41, 5.74) is 0.788. The summed E-state index contributed by atoms with van der Waals surface area (Å²) >= 11 is 0. The van der Waals surface area contributed by atoms with Gasteiger partial charge in [0.1, 0.15) is 5.75 Å². The Labute approximate surface area is 122 Å². The van der Waals surface area contributed by atoms with Gasteiger partial charge in [-0.05, 0) is 12.1 Å². The maximum Gasteiger partial charge on any atom is 0.334 e. The first-order valence-electron chi connectivity index (χ1n) is 6.56. The smallest absolute Gasteiger partial charge is 0.334 e. The second-order valence-corrected chi connectivity index (χ2v) is 4.56. The fourth-order valence-electron chi connectivity index (χ4n) is 2.07. The minimum absolute atomic E-state index is 0.0600. The molecule has 0 radical (unpaired) electrons. The Morgan fingerprint density at radius 3 is 2.90 bits per heavy atom. The molecule has 6 nitrogen and oxygen atoms in total. The first-order chi connectivity index (χ1) is 10.1. The molecule has 1 aliphatic heterocycles. The Bertz CT molecular complexity index is 555. The Kier molecular flexibility index (Phi) is 4.94. The van der Waals surface area contributed by atoms with Crippen molar-refractivity contribution in [1.82, 2.24) is 4.90 Å². The topological polar surface area (TPSA) is 76.1 Å². The number of ether oxygens (including phenoxy) is 2. The van der Waals surface area contributed by atoms with Gasteiger partial charge in [0, 0.05) is 18.2 Å². The van der Waals surface area contributed by atoms with Crippen LogP contribution in [0, 0.1) is 0 Å². The summed E-state index contributed by atoms with van der Waals surface area (Å²) in [5, 5.41) is 8.92. The number of benzene rings is 1. The van der Waals surface area contributed by atoms with E-state index >= 15 is 0 Å². The number of methoxy groups -OCH3 is 1. The third-order valence-electron chi connectivity index (χ3n) is 3.20. The number of morpholine rings is 1. The number of nitrogens with zero attached hydrogens (tertiary/aromatic N) is 1. The molecule has 2 rings (SSSR count). The van der Waals surface area contributed by atoms with Crippen molar-refractivity contribution in [2.75, 3.05) is 26.8 Å².